The zero-order valence-corrected chi connectivity index (χ0v) is 32.0. The Kier molecular flexibility index (Phi) is 16.5. The summed E-state index contributed by atoms with van der Waals surface area (Å²) < 4.78 is 5.76. The van der Waals surface area contributed by atoms with E-state index >= 15 is 0 Å². The highest BCUT2D eigenvalue weighted by Crippen LogP contribution is 2.31. The molecule has 0 saturated carbocycles. The van der Waals surface area contributed by atoms with Crippen LogP contribution < -0.4 is 10.6 Å². The minimum atomic E-state index is -0.943. The minimum Gasteiger partial charge on any atom is -0.481 e. The van der Waals surface area contributed by atoms with Crippen LogP contribution in [0.3, 0.4) is 0 Å². The quantitative estimate of drug-likeness (QED) is 0.165. The SMILES string of the molecule is CCCC[C@H](NC(=O)[C@H]1CCCCN1C)C(=O)N(C)[C@H](C[C@@H](OC(C)=O)c1nc(C(=O)N[C@@H](Cc2ccccc2)C[C@H](C)C(=O)O)cs1)C(C)C. The number of benzene rings is 1. The van der Waals surface area contributed by atoms with Crippen LogP contribution in [0.15, 0.2) is 35.7 Å². The lowest BCUT2D eigenvalue weighted by Crippen LogP contribution is -2.56. The van der Waals surface area contributed by atoms with Gasteiger partial charge in [0.2, 0.25) is 11.8 Å². The maximum Gasteiger partial charge on any atom is 0.306 e. The minimum absolute atomic E-state index is 0.0401. The van der Waals surface area contributed by atoms with E-state index in [2.05, 4.69) is 15.6 Å². The number of carbonyl (C=O) groups is 5. The molecule has 2 heterocycles. The van der Waals surface area contributed by atoms with Gasteiger partial charge in [0.1, 0.15) is 16.7 Å². The zero-order valence-electron chi connectivity index (χ0n) is 31.2. The zero-order chi connectivity index (χ0) is 37.7. The average molecular weight is 728 g/mol. The molecule has 0 bridgehead atoms. The van der Waals surface area contributed by atoms with Gasteiger partial charge in [-0.1, -0.05) is 77.3 Å². The van der Waals surface area contributed by atoms with Crippen molar-refractivity contribution >= 4 is 41.0 Å². The summed E-state index contributed by atoms with van der Waals surface area (Å²) in [6.07, 6.45) is 5.04. The molecular formula is C38H57N5O7S. The number of aliphatic carboxylic acids is 1. The maximum atomic E-state index is 14.1. The number of nitrogens with one attached hydrogen (secondary N) is 2. The van der Waals surface area contributed by atoms with Crippen molar-refractivity contribution in [2.75, 3.05) is 20.6 Å². The molecule has 6 atom stereocenters. The molecule has 282 valence electrons. The van der Waals surface area contributed by atoms with Gasteiger partial charge in [0.25, 0.3) is 5.91 Å². The Morgan fingerprint density at radius 1 is 1.08 bits per heavy atom. The second kappa shape index (κ2) is 20.3. The lowest BCUT2D eigenvalue weighted by molar-refractivity contribution is -0.149. The highest BCUT2D eigenvalue weighted by Gasteiger charge is 2.35. The number of esters is 1. The van der Waals surface area contributed by atoms with Gasteiger partial charge in [0.05, 0.1) is 12.0 Å². The van der Waals surface area contributed by atoms with Crippen molar-refractivity contribution < 1.29 is 33.8 Å². The second-order valence-electron chi connectivity index (χ2n) is 14.2. The summed E-state index contributed by atoms with van der Waals surface area (Å²) in [5.74, 6) is -2.96. The molecule has 51 heavy (non-hydrogen) atoms. The standard InChI is InChI=1S/C38H57N5O7S/c1-8-9-17-29(40-35(46)31-18-13-14-19-42(31)6)37(47)43(7)32(24(2)3)22-33(50-26(5)44)36-41-30(23-51-36)34(45)39-28(20-25(4)38(48)49)21-27-15-11-10-12-16-27/h10-12,15-16,23-25,28-29,31-33H,8-9,13-14,17-22H2,1-7H3,(H,39,45)(H,40,46)(H,48,49)/t25-,28+,29-,31+,32+,33+/m0/s1. The fraction of sp³-hybridized carbons (Fsp3) is 0.632. The highest BCUT2D eigenvalue weighted by molar-refractivity contribution is 7.09. The Morgan fingerprint density at radius 2 is 1.78 bits per heavy atom. The number of amides is 3. The molecular weight excluding hydrogens is 671 g/mol. The van der Waals surface area contributed by atoms with Crippen LogP contribution >= 0.6 is 11.3 Å². The van der Waals surface area contributed by atoms with E-state index < -0.39 is 42.0 Å². The number of carbonyl (C=O) groups excluding carboxylic acids is 4. The van der Waals surface area contributed by atoms with Crippen molar-refractivity contribution in [1.29, 1.82) is 0 Å². The van der Waals surface area contributed by atoms with Crippen molar-refractivity contribution in [1.82, 2.24) is 25.4 Å². The number of carboxylic acid groups (broad SMARTS) is 1. The molecule has 1 aliphatic rings. The van der Waals surface area contributed by atoms with Gasteiger partial charge in [-0.15, -0.1) is 11.3 Å². The monoisotopic (exact) mass is 727 g/mol. The van der Waals surface area contributed by atoms with E-state index in [1.54, 1.807) is 24.3 Å². The Hall–Kier alpha value is -3.84. The van der Waals surface area contributed by atoms with Gasteiger partial charge in [-0.3, -0.25) is 28.9 Å². The van der Waals surface area contributed by atoms with E-state index in [0.717, 1.165) is 44.2 Å². The molecule has 0 radical (unpaired) electrons. The summed E-state index contributed by atoms with van der Waals surface area (Å²) in [6, 6.07) is 7.75. The molecule has 2 aromatic rings. The van der Waals surface area contributed by atoms with Gasteiger partial charge in [0, 0.05) is 37.9 Å². The molecule has 1 aliphatic heterocycles. The van der Waals surface area contributed by atoms with E-state index in [-0.39, 0.29) is 48.4 Å². The second-order valence-corrected chi connectivity index (χ2v) is 15.1. The lowest BCUT2D eigenvalue weighted by Gasteiger charge is -2.37. The fourth-order valence-electron chi connectivity index (χ4n) is 6.66. The summed E-state index contributed by atoms with van der Waals surface area (Å²) in [5, 5.41) is 17.6. The molecule has 1 fully saturated rings. The molecule has 3 amide bonds. The van der Waals surface area contributed by atoms with Crippen LogP contribution in [0.4, 0.5) is 0 Å². The number of unbranched alkanes of at least 4 members (excludes halogenated alkanes) is 1. The summed E-state index contributed by atoms with van der Waals surface area (Å²) in [5.41, 5.74) is 1.10. The first-order chi connectivity index (χ1) is 24.2. The van der Waals surface area contributed by atoms with E-state index in [1.165, 1.54) is 18.3 Å². The normalized spacial score (nSPS) is 17.8. The third-order valence-corrected chi connectivity index (χ3v) is 10.6. The molecule has 1 aromatic heterocycles. The van der Waals surface area contributed by atoms with E-state index in [4.69, 9.17) is 4.74 Å². The Labute approximate surface area is 306 Å². The number of likely N-dealkylation sites (N-methyl/N-ethyl adjacent to an activating group) is 2. The first-order valence-corrected chi connectivity index (χ1v) is 19.1. The smallest absolute Gasteiger partial charge is 0.306 e. The number of piperidine rings is 1. The van der Waals surface area contributed by atoms with Crippen LogP contribution in [-0.2, 0) is 30.3 Å². The average Bonchev–Trinajstić information content (AvgIpc) is 3.58. The number of hydrogen-bond acceptors (Lipinski definition) is 9. The summed E-state index contributed by atoms with van der Waals surface area (Å²) in [4.78, 5) is 73.1. The first kappa shape index (κ1) is 41.6. The molecule has 3 rings (SSSR count). The molecule has 0 unspecified atom stereocenters. The van der Waals surface area contributed by atoms with Gasteiger partial charge < -0.3 is 25.4 Å². The maximum absolute atomic E-state index is 14.1. The predicted octanol–water partition coefficient (Wildman–Crippen LogP) is 5.23. The van der Waals surface area contributed by atoms with Crippen molar-refractivity contribution in [3.8, 4) is 0 Å². The summed E-state index contributed by atoms with van der Waals surface area (Å²) in [7, 11) is 3.67. The number of likely N-dealkylation sites (tertiary alicyclic amines) is 1. The molecule has 3 N–H and O–H groups in total. The number of ether oxygens (including phenoxy) is 1. The number of aromatic nitrogens is 1. The lowest BCUT2D eigenvalue weighted by atomic mass is 9.95. The van der Waals surface area contributed by atoms with Crippen LogP contribution in [-0.4, -0.2) is 94.4 Å². The van der Waals surface area contributed by atoms with Crippen LogP contribution in [0.25, 0.3) is 0 Å². The van der Waals surface area contributed by atoms with Gasteiger partial charge in [-0.05, 0) is 57.2 Å². The van der Waals surface area contributed by atoms with Gasteiger partial charge in [-0.25, -0.2) is 4.98 Å². The third kappa shape index (κ3) is 12.7. The summed E-state index contributed by atoms with van der Waals surface area (Å²) in [6.45, 7) is 9.79. The van der Waals surface area contributed by atoms with Gasteiger partial charge in [0.15, 0.2) is 6.10 Å². The van der Waals surface area contributed by atoms with Crippen LogP contribution in [0.2, 0.25) is 0 Å². The molecule has 0 aliphatic carbocycles. The van der Waals surface area contributed by atoms with Gasteiger partial charge >= 0.3 is 11.9 Å². The number of rotatable bonds is 19. The first-order valence-electron chi connectivity index (χ1n) is 18.2. The van der Waals surface area contributed by atoms with Crippen molar-refractivity contribution in [2.24, 2.45) is 11.8 Å². The largest absolute Gasteiger partial charge is 0.481 e. The molecule has 13 heteroatoms. The Balaban J connectivity index is 1.79. The number of carboxylic acids is 1. The van der Waals surface area contributed by atoms with E-state index in [0.29, 0.717) is 17.8 Å². The van der Waals surface area contributed by atoms with E-state index in [9.17, 15) is 29.1 Å². The number of nitrogens with zero attached hydrogens (tertiary/aromatic N) is 3. The molecule has 1 saturated heterocycles. The third-order valence-electron chi connectivity index (χ3n) is 9.66. The Morgan fingerprint density at radius 3 is 2.39 bits per heavy atom. The van der Waals surface area contributed by atoms with Crippen molar-refractivity contribution in [3.63, 3.8) is 0 Å². The highest BCUT2D eigenvalue weighted by atomic mass is 32.1. The predicted molar refractivity (Wildman–Crippen MR) is 197 cm³/mol. The van der Waals surface area contributed by atoms with E-state index in [1.807, 2.05) is 63.1 Å². The van der Waals surface area contributed by atoms with Crippen LogP contribution in [0.1, 0.15) is 113 Å². The van der Waals surface area contributed by atoms with Crippen molar-refractivity contribution in [3.05, 3.63) is 52.0 Å². The summed E-state index contributed by atoms with van der Waals surface area (Å²) >= 11 is 1.19. The molecule has 0 spiro atoms. The number of thiazole rings is 1. The van der Waals surface area contributed by atoms with Crippen LogP contribution in [0.5, 0.6) is 0 Å². The van der Waals surface area contributed by atoms with Crippen molar-refractivity contribution in [2.45, 2.75) is 123 Å². The number of hydrogen-bond donors (Lipinski definition) is 3. The topological polar surface area (TPSA) is 158 Å². The molecule has 12 nitrogen and oxygen atoms in total. The van der Waals surface area contributed by atoms with Crippen LogP contribution in [0, 0.1) is 11.8 Å². The Bertz CT molecular complexity index is 1450. The fourth-order valence-corrected chi connectivity index (χ4v) is 7.50. The molecule has 1 aromatic carbocycles. The van der Waals surface area contributed by atoms with Gasteiger partial charge in [-0.2, -0.15) is 0 Å².